The van der Waals surface area contributed by atoms with Crippen molar-refractivity contribution in [1.29, 1.82) is 0 Å². The number of benzene rings is 4. The summed E-state index contributed by atoms with van der Waals surface area (Å²) in [6.07, 6.45) is 2.57. The maximum absolute atomic E-state index is 12.9. The molecule has 44 heavy (non-hydrogen) atoms. The fourth-order valence-electron chi connectivity index (χ4n) is 5.68. The van der Waals surface area contributed by atoms with Crippen LogP contribution in [0.5, 0.6) is 23.0 Å². The number of phenols is 2. The molecule has 5 rings (SSSR count). The zero-order valence-electron chi connectivity index (χ0n) is 24.9. The molecular formula is C35H37O8P. The maximum atomic E-state index is 12.9. The highest BCUT2D eigenvalue weighted by molar-refractivity contribution is 7.70. The van der Waals surface area contributed by atoms with Crippen molar-refractivity contribution in [3.63, 3.8) is 0 Å². The van der Waals surface area contributed by atoms with Crippen LogP contribution < -0.4 is 9.47 Å². The number of aromatic hydroxyl groups is 2. The Bertz CT molecular complexity index is 1640. The van der Waals surface area contributed by atoms with Gasteiger partial charge in [-0.25, -0.2) is 0 Å². The van der Waals surface area contributed by atoms with Crippen molar-refractivity contribution in [3.05, 3.63) is 117 Å². The van der Waals surface area contributed by atoms with Gasteiger partial charge in [0.15, 0.2) is 0 Å². The highest BCUT2D eigenvalue weighted by Crippen LogP contribution is 2.42. The van der Waals surface area contributed by atoms with Gasteiger partial charge in [0.25, 0.3) is 5.52 Å². The number of fused-ring (bicyclic) bond motifs is 8. The Morgan fingerprint density at radius 3 is 1.34 bits per heavy atom. The van der Waals surface area contributed by atoms with E-state index in [2.05, 4.69) is 0 Å². The van der Waals surface area contributed by atoms with Crippen molar-refractivity contribution in [2.75, 3.05) is 13.2 Å². The standard InChI is InChI=1S/C35H37O8P/c1-3-14-42-33-24-10-6-12-26(33)18-28-20-30(35(38)44(39,40)41)21-29(32(28)37)19-27-13-7-11-25(34(27)43-15-4-2)17-23-9-5-8-22(16-24)31(23)36/h5-13,20-21,36-37H,3-4,14-19H2,1-2H3,(H2,39,40,41). The molecule has 4 N–H and O–H groups in total. The second-order valence-corrected chi connectivity index (χ2v) is 12.6. The third-order valence-electron chi connectivity index (χ3n) is 7.76. The van der Waals surface area contributed by atoms with Gasteiger partial charge in [-0.15, -0.1) is 0 Å². The average molecular weight is 617 g/mol. The van der Waals surface area contributed by atoms with E-state index in [1.54, 1.807) is 0 Å². The second kappa shape index (κ2) is 13.3. The van der Waals surface area contributed by atoms with Gasteiger partial charge < -0.3 is 29.5 Å². The molecule has 0 saturated heterocycles. The molecule has 4 aromatic carbocycles. The first-order valence-electron chi connectivity index (χ1n) is 14.8. The van der Waals surface area contributed by atoms with Crippen LogP contribution in [0, 0.1) is 0 Å². The van der Waals surface area contributed by atoms with Crippen molar-refractivity contribution < 1.29 is 38.8 Å². The van der Waals surface area contributed by atoms with Crippen LogP contribution in [0.4, 0.5) is 0 Å². The summed E-state index contributed by atoms with van der Waals surface area (Å²) >= 11 is 0. The summed E-state index contributed by atoms with van der Waals surface area (Å²) < 4.78 is 24.5. The van der Waals surface area contributed by atoms with Gasteiger partial charge >= 0.3 is 7.60 Å². The molecule has 0 saturated carbocycles. The van der Waals surface area contributed by atoms with E-state index in [0.29, 0.717) is 48.7 Å². The number of hydrogen-bond donors (Lipinski definition) is 4. The van der Waals surface area contributed by atoms with Crippen LogP contribution in [0.1, 0.15) is 81.6 Å². The molecule has 0 atom stereocenters. The fraction of sp³-hybridized carbons (Fsp3) is 0.286. The van der Waals surface area contributed by atoms with Crippen molar-refractivity contribution in [2.24, 2.45) is 0 Å². The first-order chi connectivity index (χ1) is 21.1. The molecule has 0 aromatic heterocycles. The summed E-state index contributed by atoms with van der Waals surface area (Å²) in [7, 11) is -5.10. The first-order valence-corrected chi connectivity index (χ1v) is 16.4. The van der Waals surface area contributed by atoms with Crippen LogP contribution >= 0.6 is 7.60 Å². The number of carbonyl (C=O) groups is 1. The molecule has 8 nitrogen and oxygen atoms in total. The molecule has 0 spiro atoms. The van der Waals surface area contributed by atoms with Crippen molar-refractivity contribution >= 4 is 13.1 Å². The summed E-state index contributed by atoms with van der Waals surface area (Å²) in [5, 5.41) is 23.0. The van der Waals surface area contributed by atoms with E-state index in [4.69, 9.17) is 9.47 Å². The zero-order chi connectivity index (χ0) is 31.4. The molecule has 0 aliphatic heterocycles. The van der Waals surface area contributed by atoms with E-state index in [-0.39, 0.29) is 29.9 Å². The highest BCUT2D eigenvalue weighted by atomic mass is 31.2. The van der Waals surface area contributed by atoms with Crippen molar-refractivity contribution in [1.82, 2.24) is 0 Å². The van der Waals surface area contributed by atoms with Crippen LogP contribution in [-0.2, 0) is 30.2 Å². The Morgan fingerprint density at radius 2 is 0.977 bits per heavy atom. The van der Waals surface area contributed by atoms with Crippen LogP contribution in [0.2, 0.25) is 0 Å². The third-order valence-corrected chi connectivity index (χ3v) is 8.55. The van der Waals surface area contributed by atoms with Gasteiger partial charge in [0.2, 0.25) is 0 Å². The lowest BCUT2D eigenvalue weighted by Crippen LogP contribution is -2.08. The summed E-state index contributed by atoms with van der Waals surface area (Å²) in [5.74, 6) is 1.36. The third kappa shape index (κ3) is 6.68. The van der Waals surface area contributed by atoms with Crippen LogP contribution in [-0.4, -0.2) is 38.7 Å². The van der Waals surface area contributed by atoms with Gasteiger partial charge in [0.05, 0.1) is 13.2 Å². The number of para-hydroxylation sites is 3. The molecule has 0 unspecified atom stereocenters. The van der Waals surface area contributed by atoms with Gasteiger partial charge in [-0.05, 0) is 69.5 Å². The van der Waals surface area contributed by atoms with Crippen LogP contribution in [0.3, 0.4) is 0 Å². The molecular weight excluding hydrogens is 579 g/mol. The summed E-state index contributed by atoms with van der Waals surface area (Å²) in [4.78, 5) is 32.4. The predicted molar refractivity (Wildman–Crippen MR) is 168 cm³/mol. The van der Waals surface area contributed by atoms with E-state index in [1.165, 1.54) is 12.1 Å². The monoisotopic (exact) mass is 616 g/mol. The number of phenolic OH excluding ortho intramolecular Hbond substituents is 2. The van der Waals surface area contributed by atoms with Gasteiger partial charge in [-0.1, -0.05) is 68.4 Å². The molecule has 9 heteroatoms. The second-order valence-electron chi connectivity index (χ2n) is 11.1. The van der Waals surface area contributed by atoms with Crippen LogP contribution in [0.15, 0.2) is 66.7 Å². The van der Waals surface area contributed by atoms with Crippen molar-refractivity contribution in [2.45, 2.75) is 52.4 Å². The Morgan fingerprint density at radius 1 is 0.636 bits per heavy atom. The Hall–Kier alpha value is -4.10. The largest absolute Gasteiger partial charge is 0.507 e. The molecule has 4 aromatic rings. The topological polar surface area (TPSA) is 134 Å². The summed E-state index contributed by atoms with van der Waals surface area (Å²) in [6.45, 7) is 4.88. The zero-order valence-corrected chi connectivity index (χ0v) is 25.8. The number of carbonyl (C=O) groups excluding carboxylic acids is 1. The minimum Gasteiger partial charge on any atom is -0.507 e. The molecule has 1 aliphatic carbocycles. The van der Waals surface area contributed by atoms with Gasteiger partial charge in [0.1, 0.15) is 23.0 Å². The maximum Gasteiger partial charge on any atom is 0.396 e. The summed E-state index contributed by atoms with van der Waals surface area (Å²) in [6, 6.07) is 19.7. The van der Waals surface area contributed by atoms with Gasteiger partial charge in [-0.3, -0.25) is 9.36 Å². The van der Waals surface area contributed by atoms with Gasteiger partial charge in [-0.2, -0.15) is 0 Å². The Labute approximate surface area is 257 Å². The number of hydrogen-bond acceptors (Lipinski definition) is 6. The Kier molecular flexibility index (Phi) is 9.45. The minimum absolute atomic E-state index is 0.0686. The van der Waals surface area contributed by atoms with E-state index in [1.807, 2.05) is 68.4 Å². The summed E-state index contributed by atoms with van der Waals surface area (Å²) in [5.41, 5.74) is 3.79. The minimum atomic E-state index is -5.10. The lowest BCUT2D eigenvalue weighted by Gasteiger charge is -2.21. The predicted octanol–water partition coefficient (Wildman–Crippen LogP) is 6.67. The number of rotatable bonds is 8. The van der Waals surface area contributed by atoms with E-state index < -0.39 is 13.1 Å². The molecule has 8 bridgehead atoms. The van der Waals surface area contributed by atoms with Crippen molar-refractivity contribution in [3.8, 4) is 23.0 Å². The molecule has 1 aliphatic rings. The average Bonchev–Trinajstić information content (AvgIpc) is 2.99. The normalized spacial score (nSPS) is 12.9. The van der Waals surface area contributed by atoms with Crippen LogP contribution in [0.25, 0.3) is 0 Å². The SMILES string of the molecule is CCCOc1c2cccc1Cc1cc(C(=O)P(=O)(O)O)cc(c1O)Cc1cccc(c1OCCC)Cc1cccc(c1O)C2. The highest BCUT2D eigenvalue weighted by Gasteiger charge is 2.29. The fourth-order valence-corrected chi connectivity index (χ4v) is 6.15. The lowest BCUT2D eigenvalue weighted by molar-refractivity contribution is 0.104. The Balaban J connectivity index is 1.78. The van der Waals surface area contributed by atoms with Gasteiger partial charge in [0, 0.05) is 31.2 Å². The quantitative estimate of drug-likeness (QED) is 0.142. The molecule has 0 fully saturated rings. The molecule has 230 valence electrons. The lowest BCUT2D eigenvalue weighted by atomic mass is 9.90. The van der Waals surface area contributed by atoms with E-state index >= 15 is 0 Å². The smallest absolute Gasteiger partial charge is 0.396 e. The molecule has 0 heterocycles. The first kappa shape index (κ1) is 31.3. The molecule has 0 amide bonds. The number of ether oxygens (including phenoxy) is 2. The van der Waals surface area contributed by atoms with E-state index in [0.717, 1.165) is 46.2 Å². The van der Waals surface area contributed by atoms with E-state index in [9.17, 15) is 29.4 Å². The molecule has 0 radical (unpaired) electrons.